The van der Waals surface area contributed by atoms with Gasteiger partial charge in [0.1, 0.15) is 11.6 Å². The van der Waals surface area contributed by atoms with Crippen molar-refractivity contribution in [2.45, 2.75) is 51.1 Å². The molecule has 0 spiro atoms. The maximum Gasteiger partial charge on any atom is 0.246 e. The summed E-state index contributed by atoms with van der Waals surface area (Å²) < 4.78 is 0. The molecule has 90 valence electrons. The molecule has 2 aliphatic rings. The van der Waals surface area contributed by atoms with Crippen molar-refractivity contribution in [3.8, 4) is 0 Å². The number of rotatable bonds is 3. The van der Waals surface area contributed by atoms with Gasteiger partial charge in [0.25, 0.3) is 0 Å². The Kier molecular flexibility index (Phi) is 2.68. The van der Waals surface area contributed by atoms with Crippen LogP contribution in [0.4, 0.5) is 0 Å². The minimum absolute atomic E-state index is 0.0237. The molecule has 2 fully saturated rings. The number of nitrogens with one attached hydrogen (secondary N) is 1. The number of hydrogen-bond donors (Lipinski definition) is 1. The van der Waals surface area contributed by atoms with Crippen molar-refractivity contribution < 1.29 is 9.59 Å². The Labute approximate surface area is 96.4 Å². The Morgan fingerprint density at radius 1 is 1.44 bits per heavy atom. The predicted molar refractivity (Wildman–Crippen MR) is 60.7 cm³/mol. The molecule has 0 aromatic heterocycles. The summed E-state index contributed by atoms with van der Waals surface area (Å²) in [5, 5.41) is 2.88. The second-order valence-electron chi connectivity index (χ2n) is 5.13. The van der Waals surface area contributed by atoms with E-state index in [1.807, 2.05) is 13.8 Å². The Bertz CT molecular complexity index is 325. The molecule has 2 atom stereocenters. The van der Waals surface area contributed by atoms with Crippen LogP contribution in [0.2, 0.25) is 0 Å². The summed E-state index contributed by atoms with van der Waals surface area (Å²) >= 11 is 0. The van der Waals surface area contributed by atoms with E-state index in [-0.39, 0.29) is 17.9 Å². The third-order valence-electron chi connectivity index (χ3n) is 4.04. The Morgan fingerprint density at radius 2 is 2.06 bits per heavy atom. The minimum atomic E-state index is -0.610. The third kappa shape index (κ3) is 1.51. The lowest BCUT2D eigenvalue weighted by molar-refractivity contribution is -0.156. The van der Waals surface area contributed by atoms with E-state index in [1.165, 1.54) is 0 Å². The maximum atomic E-state index is 12.1. The number of likely N-dealkylation sites (N-methyl/N-ethyl adjacent to an activating group) is 1. The van der Waals surface area contributed by atoms with Crippen LogP contribution in [-0.4, -0.2) is 35.3 Å². The molecule has 2 amide bonds. The monoisotopic (exact) mass is 224 g/mol. The number of piperazine rings is 1. The second kappa shape index (κ2) is 3.75. The van der Waals surface area contributed by atoms with Crippen LogP contribution in [0.1, 0.15) is 39.5 Å². The fraction of sp³-hybridized carbons (Fsp3) is 0.833. The molecule has 0 aromatic carbocycles. The highest BCUT2D eigenvalue weighted by Crippen LogP contribution is 2.44. The van der Waals surface area contributed by atoms with Gasteiger partial charge in [-0.05, 0) is 32.1 Å². The van der Waals surface area contributed by atoms with Crippen molar-refractivity contribution in [3.63, 3.8) is 0 Å². The van der Waals surface area contributed by atoms with Crippen LogP contribution in [0.3, 0.4) is 0 Å². The van der Waals surface area contributed by atoms with Crippen LogP contribution in [0.15, 0.2) is 0 Å². The molecule has 1 heterocycles. The fourth-order valence-electron chi connectivity index (χ4n) is 2.57. The zero-order chi connectivity index (χ0) is 11.9. The molecule has 16 heavy (non-hydrogen) atoms. The molecule has 4 heteroatoms. The lowest BCUT2D eigenvalue weighted by Crippen LogP contribution is -2.69. The standard InChI is InChI=1S/C12H20N2O2/c1-4-5-9-10(15)14(3)12(2,8-6-7-8)11(16)13-9/h8-9H,4-7H2,1-3H3,(H,13,16). The van der Waals surface area contributed by atoms with Crippen LogP contribution in [-0.2, 0) is 9.59 Å². The normalized spacial score (nSPS) is 35.2. The number of carbonyl (C=O) groups is 2. The molecular weight excluding hydrogens is 204 g/mol. The van der Waals surface area contributed by atoms with Gasteiger partial charge in [-0.15, -0.1) is 0 Å². The molecule has 1 saturated carbocycles. The molecule has 1 N–H and O–H groups in total. The number of amides is 2. The summed E-state index contributed by atoms with van der Waals surface area (Å²) in [5.41, 5.74) is -0.610. The summed E-state index contributed by atoms with van der Waals surface area (Å²) in [6.07, 6.45) is 3.75. The van der Waals surface area contributed by atoms with Crippen LogP contribution in [0, 0.1) is 5.92 Å². The highest BCUT2D eigenvalue weighted by atomic mass is 16.2. The van der Waals surface area contributed by atoms with E-state index in [1.54, 1.807) is 11.9 Å². The SMILES string of the molecule is CCCC1NC(=O)C(C)(C2CC2)N(C)C1=O. The first kappa shape index (κ1) is 11.4. The van der Waals surface area contributed by atoms with Gasteiger partial charge in [0.15, 0.2) is 0 Å². The first-order chi connectivity index (χ1) is 7.51. The summed E-state index contributed by atoms with van der Waals surface area (Å²) in [6, 6.07) is -0.311. The summed E-state index contributed by atoms with van der Waals surface area (Å²) in [5.74, 6) is 0.440. The molecule has 2 rings (SSSR count). The average Bonchev–Trinajstić information content (AvgIpc) is 3.07. The van der Waals surface area contributed by atoms with Gasteiger partial charge in [-0.25, -0.2) is 0 Å². The van der Waals surface area contributed by atoms with E-state index in [2.05, 4.69) is 5.32 Å². The van der Waals surface area contributed by atoms with Crippen molar-refractivity contribution in [2.24, 2.45) is 5.92 Å². The van der Waals surface area contributed by atoms with Crippen molar-refractivity contribution in [1.82, 2.24) is 10.2 Å². The summed E-state index contributed by atoms with van der Waals surface area (Å²) in [6.45, 7) is 3.91. The largest absolute Gasteiger partial charge is 0.342 e. The van der Waals surface area contributed by atoms with Gasteiger partial charge in [-0.1, -0.05) is 13.3 Å². The Balaban J connectivity index is 2.20. The zero-order valence-electron chi connectivity index (χ0n) is 10.2. The van der Waals surface area contributed by atoms with Crippen molar-refractivity contribution in [2.75, 3.05) is 7.05 Å². The molecular formula is C12H20N2O2. The molecule has 0 bridgehead atoms. The van der Waals surface area contributed by atoms with Gasteiger partial charge >= 0.3 is 0 Å². The number of hydrogen-bond acceptors (Lipinski definition) is 2. The van der Waals surface area contributed by atoms with E-state index in [0.717, 1.165) is 25.7 Å². The van der Waals surface area contributed by atoms with Crippen LogP contribution in [0.5, 0.6) is 0 Å². The van der Waals surface area contributed by atoms with E-state index < -0.39 is 5.54 Å². The van der Waals surface area contributed by atoms with Crippen LogP contribution >= 0.6 is 0 Å². The lowest BCUT2D eigenvalue weighted by atomic mass is 9.88. The first-order valence-corrected chi connectivity index (χ1v) is 6.10. The minimum Gasteiger partial charge on any atom is -0.342 e. The smallest absolute Gasteiger partial charge is 0.246 e. The van der Waals surface area contributed by atoms with Gasteiger partial charge in [0.05, 0.1) is 0 Å². The quantitative estimate of drug-likeness (QED) is 0.774. The van der Waals surface area contributed by atoms with Crippen molar-refractivity contribution >= 4 is 11.8 Å². The van der Waals surface area contributed by atoms with Gasteiger partial charge < -0.3 is 10.2 Å². The summed E-state index contributed by atoms with van der Waals surface area (Å²) in [7, 11) is 1.77. The highest BCUT2D eigenvalue weighted by Gasteiger charge is 2.55. The molecule has 1 saturated heterocycles. The predicted octanol–water partition coefficient (Wildman–Crippen LogP) is 0.912. The molecule has 2 unspecified atom stereocenters. The maximum absolute atomic E-state index is 12.1. The topological polar surface area (TPSA) is 49.4 Å². The van der Waals surface area contributed by atoms with Crippen LogP contribution < -0.4 is 5.32 Å². The zero-order valence-corrected chi connectivity index (χ0v) is 10.2. The van der Waals surface area contributed by atoms with Crippen molar-refractivity contribution in [1.29, 1.82) is 0 Å². The highest BCUT2D eigenvalue weighted by molar-refractivity contribution is 5.99. The van der Waals surface area contributed by atoms with Gasteiger partial charge in [-0.2, -0.15) is 0 Å². The van der Waals surface area contributed by atoms with E-state index in [4.69, 9.17) is 0 Å². The summed E-state index contributed by atoms with van der Waals surface area (Å²) in [4.78, 5) is 25.9. The van der Waals surface area contributed by atoms with Gasteiger partial charge in [0, 0.05) is 7.05 Å². The Hall–Kier alpha value is -1.06. The van der Waals surface area contributed by atoms with Gasteiger partial charge in [-0.3, -0.25) is 9.59 Å². The molecule has 4 nitrogen and oxygen atoms in total. The van der Waals surface area contributed by atoms with E-state index in [9.17, 15) is 9.59 Å². The first-order valence-electron chi connectivity index (χ1n) is 6.10. The van der Waals surface area contributed by atoms with E-state index >= 15 is 0 Å². The lowest BCUT2D eigenvalue weighted by Gasteiger charge is -2.44. The fourth-order valence-corrected chi connectivity index (χ4v) is 2.57. The molecule has 0 aromatic rings. The van der Waals surface area contributed by atoms with Gasteiger partial charge in [0.2, 0.25) is 11.8 Å². The third-order valence-corrected chi connectivity index (χ3v) is 4.04. The second-order valence-corrected chi connectivity index (χ2v) is 5.13. The Morgan fingerprint density at radius 3 is 2.56 bits per heavy atom. The molecule has 0 radical (unpaired) electrons. The van der Waals surface area contributed by atoms with Crippen molar-refractivity contribution in [3.05, 3.63) is 0 Å². The molecule has 1 aliphatic heterocycles. The van der Waals surface area contributed by atoms with E-state index in [0.29, 0.717) is 5.92 Å². The number of carbonyl (C=O) groups excluding carboxylic acids is 2. The molecule has 1 aliphatic carbocycles. The number of nitrogens with zero attached hydrogens (tertiary/aromatic N) is 1. The van der Waals surface area contributed by atoms with Crippen LogP contribution in [0.25, 0.3) is 0 Å². The average molecular weight is 224 g/mol.